The Balaban J connectivity index is 2.19. The van der Waals surface area contributed by atoms with Gasteiger partial charge in [-0.3, -0.25) is 0 Å². The minimum absolute atomic E-state index is 0.0113. The van der Waals surface area contributed by atoms with E-state index in [0.29, 0.717) is 23.3 Å². The summed E-state index contributed by atoms with van der Waals surface area (Å²) in [5, 5.41) is 7.06. The third kappa shape index (κ3) is 2.38. The van der Waals surface area contributed by atoms with Crippen molar-refractivity contribution in [3.8, 4) is 0 Å². The minimum atomic E-state index is -2.60. The highest BCUT2D eigenvalue weighted by atomic mass is 19.3. The van der Waals surface area contributed by atoms with Gasteiger partial charge in [-0.2, -0.15) is 10.2 Å². The molecule has 17 heavy (non-hydrogen) atoms. The molecular weight excluding hydrogens is 229 g/mol. The van der Waals surface area contributed by atoms with E-state index >= 15 is 0 Å². The van der Waals surface area contributed by atoms with Crippen molar-refractivity contribution in [2.75, 3.05) is 0 Å². The average Bonchev–Trinajstić information content (AvgIpc) is 2.78. The van der Waals surface area contributed by atoms with Crippen molar-refractivity contribution in [2.45, 2.75) is 26.2 Å². The van der Waals surface area contributed by atoms with E-state index in [4.69, 9.17) is 0 Å². The van der Waals surface area contributed by atoms with Crippen LogP contribution in [0, 0.1) is 5.82 Å². The van der Waals surface area contributed by atoms with Gasteiger partial charge in [0.05, 0.1) is 5.71 Å². The Bertz CT molecular complexity index is 493. The molecule has 0 spiro atoms. The lowest BCUT2D eigenvalue weighted by Crippen LogP contribution is -2.12. The number of hydrogen-bond donors (Lipinski definition) is 0. The summed E-state index contributed by atoms with van der Waals surface area (Å²) in [4.78, 5) is 0. The van der Waals surface area contributed by atoms with Crippen LogP contribution in [0.4, 0.5) is 13.2 Å². The van der Waals surface area contributed by atoms with Crippen LogP contribution in [0.25, 0.3) is 0 Å². The van der Waals surface area contributed by atoms with Crippen LogP contribution in [-0.2, 0) is 6.42 Å². The second-order valence-electron chi connectivity index (χ2n) is 3.78. The van der Waals surface area contributed by atoms with Gasteiger partial charge in [0.2, 0.25) is 0 Å². The molecule has 90 valence electrons. The smallest absolute Gasteiger partial charge is 0.207 e. The molecule has 1 aliphatic rings. The van der Waals surface area contributed by atoms with Gasteiger partial charge in [-0.05, 0) is 18.1 Å². The van der Waals surface area contributed by atoms with Gasteiger partial charge in [-0.15, -0.1) is 0 Å². The van der Waals surface area contributed by atoms with Gasteiger partial charge in [0, 0.05) is 12.0 Å². The fourth-order valence-corrected chi connectivity index (χ4v) is 1.66. The molecule has 1 aromatic carbocycles. The average molecular weight is 240 g/mol. The van der Waals surface area contributed by atoms with Gasteiger partial charge in [0.25, 0.3) is 6.43 Å². The number of halogens is 3. The molecule has 0 saturated heterocycles. The van der Waals surface area contributed by atoms with E-state index < -0.39 is 6.43 Å². The molecule has 0 bridgehead atoms. The topological polar surface area (TPSA) is 24.7 Å². The highest BCUT2D eigenvalue weighted by Crippen LogP contribution is 2.18. The highest BCUT2D eigenvalue weighted by molar-refractivity contribution is 6.15. The SMILES string of the molecule is CCc1ccc(C2=NN=C(C(F)F)C2)cc1F. The zero-order valence-electron chi connectivity index (χ0n) is 9.25. The van der Waals surface area contributed by atoms with Gasteiger partial charge in [0.1, 0.15) is 11.5 Å². The van der Waals surface area contributed by atoms with E-state index in [0.717, 1.165) is 0 Å². The van der Waals surface area contributed by atoms with Gasteiger partial charge in [-0.25, -0.2) is 13.2 Å². The number of rotatable bonds is 3. The van der Waals surface area contributed by atoms with E-state index in [1.165, 1.54) is 6.07 Å². The zero-order valence-corrected chi connectivity index (χ0v) is 9.25. The van der Waals surface area contributed by atoms with Crippen LogP contribution in [0.5, 0.6) is 0 Å². The molecule has 0 amide bonds. The van der Waals surface area contributed by atoms with Crippen LogP contribution in [0.15, 0.2) is 28.4 Å². The van der Waals surface area contributed by atoms with E-state index in [-0.39, 0.29) is 17.9 Å². The largest absolute Gasteiger partial charge is 0.278 e. The van der Waals surface area contributed by atoms with Crippen molar-refractivity contribution in [3.05, 3.63) is 35.1 Å². The molecule has 1 heterocycles. The van der Waals surface area contributed by atoms with Crippen molar-refractivity contribution < 1.29 is 13.2 Å². The number of nitrogens with zero attached hydrogens (tertiary/aromatic N) is 2. The van der Waals surface area contributed by atoms with Gasteiger partial charge in [-0.1, -0.05) is 19.1 Å². The predicted molar refractivity (Wildman–Crippen MR) is 60.4 cm³/mol. The Morgan fingerprint density at radius 2 is 2.06 bits per heavy atom. The molecule has 0 unspecified atom stereocenters. The third-order valence-corrected chi connectivity index (χ3v) is 2.67. The van der Waals surface area contributed by atoms with Crippen LogP contribution in [0.1, 0.15) is 24.5 Å². The Morgan fingerprint density at radius 1 is 1.29 bits per heavy atom. The van der Waals surface area contributed by atoms with Crippen molar-refractivity contribution in [1.29, 1.82) is 0 Å². The molecule has 2 rings (SSSR count). The molecule has 0 saturated carbocycles. The first-order valence-corrected chi connectivity index (χ1v) is 5.32. The number of alkyl halides is 2. The highest BCUT2D eigenvalue weighted by Gasteiger charge is 2.22. The van der Waals surface area contributed by atoms with E-state index in [9.17, 15) is 13.2 Å². The van der Waals surface area contributed by atoms with Crippen molar-refractivity contribution in [3.63, 3.8) is 0 Å². The van der Waals surface area contributed by atoms with E-state index in [1.807, 2.05) is 6.92 Å². The normalized spacial score (nSPS) is 15.1. The molecule has 0 radical (unpaired) electrons. The van der Waals surface area contributed by atoms with Crippen LogP contribution >= 0.6 is 0 Å². The molecular formula is C12H11F3N2. The summed E-state index contributed by atoms with van der Waals surface area (Å²) in [6, 6.07) is 4.65. The Labute approximate surface area is 96.9 Å². The number of aryl methyl sites for hydroxylation is 1. The molecule has 1 aliphatic heterocycles. The standard InChI is InChI=1S/C12H11F3N2/c1-2-7-3-4-8(5-9(7)13)10-6-11(12(14)15)17-16-10/h3-5,12H,2,6H2,1H3. The maximum Gasteiger partial charge on any atom is 0.278 e. The lowest BCUT2D eigenvalue weighted by molar-refractivity contribution is 0.224. The first kappa shape index (κ1) is 11.8. The maximum atomic E-state index is 13.5. The number of hydrogen-bond acceptors (Lipinski definition) is 2. The Hall–Kier alpha value is -1.65. The fraction of sp³-hybridized carbons (Fsp3) is 0.333. The lowest BCUT2D eigenvalue weighted by atomic mass is 10.0. The summed E-state index contributed by atoms with van der Waals surface area (Å²) in [7, 11) is 0. The first-order valence-electron chi connectivity index (χ1n) is 5.32. The summed E-state index contributed by atoms with van der Waals surface area (Å²) in [6.07, 6.45) is -2.02. The summed E-state index contributed by atoms with van der Waals surface area (Å²) in [5.74, 6) is -0.335. The van der Waals surface area contributed by atoms with Crippen molar-refractivity contribution in [2.24, 2.45) is 10.2 Å². The molecule has 5 heteroatoms. The number of benzene rings is 1. The zero-order chi connectivity index (χ0) is 12.4. The molecule has 0 fully saturated rings. The van der Waals surface area contributed by atoms with Crippen LogP contribution < -0.4 is 0 Å². The van der Waals surface area contributed by atoms with Gasteiger partial charge in [0.15, 0.2) is 0 Å². The third-order valence-electron chi connectivity index (χ3n) is 2.67. The molecule has 0 atom stereocenters. The molecule has 2 nitrogen and oxygen atoms in total. The molecule has 0 aromatic heterocycles. The molecule has 0 aliphatic carbocycles. The Morgan fingerprint density at radius 3 is 2.59 bits per heavy atom. The van der Waals surface area contributed by atoms with E-state index in [1.54, 1.807) is 12.1 Å². The first-order chi connectivity index (χ1) is 8.11. The molecule has 1 aromatic rings. The quantitative estimate of drug-likeness (QED) is 0.775. The molecule has 0 N–H and O–H groups in total. The second-order valence-corrected chi connectivity index (χ2v) is 3.78. The summed E-state index contributed by atoms with van der Waals surface area (Å²) < 4.78 is 38.2. The van der Waals surface area contributed by atoms with Crippen LogP contribution in [0.2, 0.25) is 0 Å². The van der Waals surface area contributed by atoms with Crippen molar-refractivity contribution >= 4 is 11.4 Å². The van der Waals surface area contributed by atoms with E-state index in [2.05, 4.69) is 10.2 Å². The summed E-state index contributed by atoms with van der Waals surface area (Å²) in [5.41, 5.74) is 1.24. The lowest BCUT2D eigenvalue weighted by Gasteiger charge is -2.04. The predicted octanol–water partition coefficient (Wildman–Crippen LogP) is 3.20. The fourth-order valence-electron chi connectivity index (χ4n) is 1.66. The van der Waals surface area contributed by atoms with Crippen molar-refractivity contribution in [1.82, 2.24) is 0 Å². The minimum Gasteiger partial charge on any atom is -0.207 e. The summed E-state index contributed by atoms with van der Waals surface area (Å²) >= 11 is 0. The summed E-state index contributed by atoms with van der Waals surface area (Å²) in [6.45, 7) is 1.85. The Kier molecular flexibility index (Phi) is 3.26. The van der Waals surface area contributed by atoms with Crippen LogP contribution in [0.3, 0.4) is 0 Å². The second kappa shape index (κ2) is 4.69. The van der Waals surface area contributed by atoms with Gasteiger partial charge >= 0.3 is 0 Å². The van der Waals surface area contributed by atoms with Gasteiger partial charge < -0.3 is 0 Å². The maximum absolute atomic E-state index is 13.5. The monoisotopic (exact) mass is 240 g/mol. The van der Waals surface area contributed by atoms with Crippen LogP contribution in [-0.4, -0.2) is 17.8 Å².